The molecule has 2 radical (unpaired) electrons. The molecule has 0 spiro atoms. The molecule has 11 heteroatoms. The standard InChI is InChI=1S/Co.Mn.H4O7P2/c;;1-8(2,3)7-9(4,5)6/h;;(H2,1,2,3)(H2,4,5,6)/q2*+2;/p-4. The Balaban J connectivity index is -0.000000320. The molecule has 0 aromatic carbocycles. The molecule has 11 heavy (non-hydrogen) atoms. The summed E-state index contributed by atoms with van der Waals surface area (Å²) in [5, 5.41) is 0. The van der Waals surface area contributed by atoms with E-state index in [9.17, 15) is 28.7 Å². The first-order valence-corrected chi connectivity index (χ1v) is 4.38. The topological polar surface area (TPSA) is 136 Å². The van der Waals surface area contributed by atoms with Crippen LogP contribution in [0.15, 0.2) is 0 Å². The van der Waals surface area contributed by atoms with Crippen LogP contribution in [-0.4, -0.2) is 0 Å². The van der Waals surface area contributed by atoms with Crippen molar-refractivity contribution < 1.29 is 66.9 Å². The average Bonchev–Trinajstić information content (AvgIpc) is 1.14. The van der Waals surface area contributed by atoms with E-state index >= 15 is 0 Å². The average molecular weight is 288 g/mol. The molecule has 7 nitrogen and oxygen atoms in total. The third kappa shape index (κ3) is 18.3. The van der Waals surface area contributed by atoms with Gasteiger partial charge in [-0.15, -0.1) is 0 Å². The smallest absolute Gasteiger partial charge is 0.790 e. The second kappa shape index (κ2) is 5.85. The van der Waals surface area contributed by atoms with Crippen molar-refractivity contribution in [1.82, 2.24) is 0 Å². The normalized spacial score (nSPS) is 11.3. The largest absolute Gasteiger partial charge is 2.00 e. The molecule has 68 valence electrons. The van der Waals surface area contributed by atoms with Crippen molar-refractivity contribution in [2.24, 2.45) is 0 Å². The Labute approximate surface area is 82.7 Å². The zero-order valence-electron chi connectivity index (χ0n) is 4.46. The van der Waals surface area contributed by atoms with E-state index in [2.05, 4.69) is 4.31 Å². The second-order valence-electron chi connectivity index (χ2n) is 0.976. The molecule has 0 aromatic heterocycles. The number of hydrogen-bond acceptors (Lipinski definition) is 7. The first-order valence-electron chi connectivity index (χ1n) is 1.46. The Bertz CT molecular complexity index is 157. The van der Waals surface area contributed by atoms with Crippen molar-refractivity contribution in [1.29, 1.82) is 0 Å². The molecule has 0 rings (SSSR count). The van der Waals surface area contributed by atoms with Crippen molar-refractivity contribution in [3.05, 3.63) is 0 Å². The van der Waals surface area contributed by atoms with Crippen LogP contribution in [0.5, 0.6) is 0 Å². The SMILES string of the molecule is O=P([O-])([O-])OP(=O)([O-])[O-].[Co+2].[Mn+2]. The van der Waals surface area contributed by atoms with Gasteiger partial charge in [-0.1, -0.05) is 0 Å². The Hall–Kier alpha value is 1.29. The first-order chi connectivity index (χ1) is 3.71. The van der Waals surface area contributed by atoms with Gasteiger partial charge in [0.2, 0.25) is 0 Å². The molecule has 0 N–H and O–H groups in total. The van der Waals surface area contributed by atoms with Gasteiger partial charge in [-0.3, -0.25) is 0 Å². The zero-order valence-corrected chi connectivity index (χ0v) is 8.47. The molecule has 0 bridgehead atoms. The molecule has 0 saturated heterocycles. The molecule has 0 aliphatic heterocycles. The number of hydrogen-bond donors (Lipinski definition) is 0. The molecule has 0 atom stereocenters. The maximum atomic E-state index is 9.32. The molecular weight excluding hydrogens is 288 g/mol. The quantitative estimate of drug-likeness (QED) is 0.382. The van der Waals surface area contributed by atoms with Crippen molar-refractivity contribution in [3.63, 3.8) is 0 Å². The van der Waals surface area contributed by atoms with Gasteiger partial charge in [-0.25, -0.2) is 0 Å². The van der Waals surface area contributed by atoms with E-state index in [-0.39, 0.29) is 33.8 Å². The summed E-state index contributed by atoms with van der Waals surface area (Å²) in [5.41, 5.74) is 0. The minimum atomic E-state index is -5.68. The summed E-state index contributed by atoms with van der Waals surface area (Å²) in [5.74, 6) is 0. The van der Waals surface area contributed by atoms with Crippen LogP contribution in [0.2, 0.25) is 0 Å². The van der Waals surface area contributed by atoms with Crippen LogP contribution < -0.4 is 19.6 Å². The monoisotopic (exact) mass is 288 g/mol. The fraction of sp³-hybridized carbons (Fsp3) is 0. The van der Waals surface area contributed by atoms with Crippen molar-refractivity contribution in [2.75, 3.05) is 0 Å². The first kappa shape index (κ1) is 18.1. The minimum Gasteiger partial charge on any atom is -0.790 e. The van der Waals surface area contributed by atoms with Crippen LogP contribution in [0.3, 0.4) is 0 Å². The van der Waals surface area contributed by atoms with E-state index in [1.165, 1.54) is 0 Å². The fourth-order valence-corrected chi connectivity index (χ4v) is 1.10. The van der Waals surface area contributed by atoms with Gasteiger partial charge in [-0.05, 0) is 0 Å². The van der Waals surface area contributed by atoms with E-state index in [1.54, 1.807) is 0 Å². The summed E-state index contributed by atoms with van der Waals surface area (Å²) in [4.78, 5) is 37.3. The van der Waals surface area contributed by atoms with Crippen LogP contribution in [0.1, 0.15) is 0 Å². The fourth-order valence-electron chi connectivity index (χ4n) is 0.122. The van der Waals surface area contributed by atoms with Gasteiger partial charge in [0.15, 0.2) is 0 Å². The molecule has 0 saturated carbocycles. The van der Waals surface area contributed by atoms with Crippen molar-refractivity contribution in [3.8, 4) is 0 Å². The van der Waals surface area contributed by atoms with Gasteiger partial charge < -0.3 is 33.0 Å². The molecule has 0 fully saturated rings. The summed E-state index contributed by atoms with van der Waals surface area (Å²) in [7, 11) is -11.4. The van der Waals surface area contributed by atoms with Gasteiger partial charge in [0.05, 0.1) is 15.6 Å². The Kier molecular flexibility index (Phi) is 9.65. The number of rotatable bonds is 2. The third-order valence-electron chi connectivity index (χ3n) is 0.200. The van der Waals surface area contributed by atoms with Crippen LogP contribution in [0, 0.1) is 0 Å². The number of phosphoric acid groups is 2. The molecule has 0 aliphatic rings. The Morgan fingerprint density at radius 3 is 1.09 bits per heavy atom. The molecule has 0 aliphatic carbocycles. The Morgan fingerprint density at radius 1 is 0.909 bits per heavy atom. The molecular formula is CoMnO7P2. The predicted molar refractivity (Wildman–Crippen MR) is 16.3 cm³/mol. The van der Waals surface area contributed by atoms with Gasteiger partial charge in [0.1, 0.15) is 0 Å². The summed E-state index contributed by atoms with van der Waals surface area (Å²) in [6.07, 6.45) is 0. The van der Waals surface area contributed by atoms with Gasteiger partial charge >= 0.3 is 33.8 Å². The van der Waals surface area contributed by atoms with E-state index in [0.29, 0.717) is 0 Å². The van der Waals surface area contributed by atoms with Crippen LogP contribution >= 0.6 is 15.6 Å². The van der Waals surface area contributed by atoms with Crippen LogP contribution in [0.25, 0.3) is 0 Å². The summed E-state index contributed by atoms with van der Waals surface area (Å²) in [6.45, 7) is 0. The summed E-state index contributed by atoms with van der Waals surface area (Å²) in [6, 6.07) is 0. The molecule has 0 heterocycles. The van der Waals surface area contributed by atoms with E-state index < -0.39 is 15.6 Å². The van der Waals surface area contributed by atoms with E-state index in [1.807, 2.05) is 0 Å². The summed E-state index contributed by atoms with van der Waals surface area (Å²) >= 11 is 0. The van der Waals surface area contributed by atoms with Crippen LogP contribution in [-0.2, 0) is 47.3 Å². The molecule has 0 unspecified atom stereocenters. The van der Waals surface area contributed by atoms with Gasteiger partial charge in [-0.2, -0.15) is 0 Å². The van der Waals surface area contributed by atoms with Crippen molar-refractivity contribution in [2.45, 2.75) is 0 Å². The van der Waals surface area contributed by atoms with Crippen molar-refractivity contribution >= 4 is 15.6 Å². The zero-order chi connectivity index (χ0) is 7.71. The second-order valence-corrected chi connectivity index (χ2v) is 3.42. The minimum absolute atomic E-state index is 0. The molecule has 0 amide bonds. The summed E-state index contributed by atoms with van der Waals surface area (Å²) < 4.78 is 21.2. The van der Waals surface area contributed by atoms with Gasteiger partial charge in [0, 0.05) is 0 Å². The third-order valence-corrected chi connectivity index (χ3v) is 1.80. The predicted octanol–water partition coefficient (Wildman–Crippen LogP) is -3.34. The maximum absolute atomic E-state index is 9.32. The van der Waals surface area contributed by atoms with E-state index in [0.717, 1.165) is 0 Å². The Morgan fingerprint density at radius 2 is 1.09 bits per heavy atom. The van der Waals surface area contributed by atoms with Gasteiger partial charge in [0.25, 0.3) is 0 Å². The van der Waals surface area contributed by atoms with Crippen LogP contribution in [0.4, 0.5) is 0 Å². The van der Waals surface area contributed by atoms with E-state index in [4.69, 9.17) is 0 Å². The maximum Gasteiger partial charge on any atom is 2.00 e. The molecule has 0 aromatic rings.